The summed E-state index contributed by atoms with van der Waals surface area (Å²) in [6, 6.07) is -0.101. The van der Waals surface area contributed by atoms with Crippen molar-refractivity contribution in [1.82, 2.24) is 19.8 Å². The molecule has 0 aromatic carbocycles. The van der Waals surface area contributed by atoms with Crippen molar-refractivity contribution in [3.63, 3.8) is 0 Å². The normalized spacial score (nSPS) is 18.6. The maximum Gasteiger partial charge on any atom is 0.330 e. The number of anilines is 1. The van der Waals surface area contributed by atoms with Crippen LogP contribution in [-0.4, -0.2) is 49.1 Å². The number of piperazine rings is 1. The van der Waals surface area contributed by atoms with Crippen molar-refractivity contribution in [3.05, 3.63) is 5.89 Å². The summed E-state index contributed by atoms with van der Waals surface area (Å²) in [4.78, 5) is 0. The van der Waals surface area contributed by atoms with Crippen LogP contribution in [0.15, 0.2) is 4.42 Å². The van der Waals surface area contributed by atoms with E-state index in [0.717, 1.165) is 0 Å². The van der Waals surface area contributed by atoms with Gasteiger partial charge in [0.2, 0.25) is 5.89 Å². The Labute approximate surface area is 93.2 Å². The molecule has 0 atom stereocenters. The average molecular weight is 247 g/mol. The minimum Gasteiger partial charge on any atom is -0.408 e. The van der Waals surface area contributed by atoms with E-state index in [9.17, 15) is 8.42 Å². The number of rotatable bonds is 3. The van der Waals surface area contributed by atoms with Gasteiger partial charge in [-0.1, -0.05) is 5.10 Å². The highest BCUT2D eigenvalue weighted by Gasteiger charge is 2.25. The minimum atomic E-state index is -3.58. The third-order valence-corrected chi connectivity index (χ3v) is 3.64. The molecule has 0 aliphatic carbocycles. The van der Waals surface area contributed by atoms with Gasteiger partial charge < -0.3 is 9.73 Å². The Balaban J connectivity index is 2.07. The maximum absolute atomic E-state index is 11.8. The molecule has 0 saturated carbocycles. The second kappa shape index (κ2) is 4.36. The van der Waals surface area contributed by atoms with E-state index in [0.29, 0.717) is 32.1 Å². The van der Waals surface area contributed by atoms with Gasteiger partial charge in [0.1, 0.15) is 0 Å². The standard InChI is InChI=1S/C7H13N5O3S/c1-6-9-10-7(15-6)11-16(13,14)12-4-2-8-3-5-12/h8H,2-5H2,1H3,(H,10,11). The molecule has 1 aromatic rings. The van der Waals surface area contributed by atoms with Gasteiger partial charge in [0, 0.05) is 33.1 Å². The summed E-state index contributed by atoms with van der Waals surface area (Å²) in [5.74, 6) is 0.318. The smallest absolute Gasteiger partial charge is 0.330 e. The highest BCUT2D eigenvalue weighted by molar-refractivity contribution is 7.90. The van der Waals surface area contributed by atoms with Crippen LogP contribution in [0.25, 0.3) is 0 Å². The Hall–Kier alpha value is -1.19. The summed E-state index contributed by atoms with van der Waals surface area (Å²) in [5, 5.41) is 10.2. The van der Waals surface area contributed by atoms with E-state index in [-0.39, 0.29) is 6.01 Å². The number of hydrogen-bond acceptors (Lipinski definition) is 6. The second-order valence-corrected chi connectivity index (χ2v) is 5.05. The number of nitrogens with zero attached hydrogens (tertiary/aromatic N) is 3. The molecule has 0 radical (unpaired) electrons. The molecule has 0 bridgehead atoms. The lowest BCUT2D eigenvalue weighted by molar-refractivity contribution is 0.362. The monoisotopic (exact) mass is 247 g/mol. The van der Waals surface area contributed by atoms with Crippen LogP contribution < -0.4 is 10.0 Å². The maximum atomic E-state index is 11.8. The zero-order valence-electron chi connectivity index (χ0n) is 8.80. The lowest BCUT2D eigenvalue weighted by atomic mass is 10.4. The molecule has 0 unspecified atom stereocenters. The predicted molar refractivity (Wildman–Crippen MR) is 56.0 cm³/mol. The van der Waals surface area contributed by atoms with Crippen LogP contribution in [0.4, 0.5) is 6.01 Å². The quantitative estimate of drug-likeness (QED) is 0.706. The molecule has 1 aliphatic rings. The molecule has 2 heterocycles. The summed E-state index contributed by atoms with van der Waals surface area (Å²) < 4.78 is 32.2. The second-order valence-electron chi connectivity index (χ2n) is 3.38. The summed E-state index contributed by atoms with van der Waals surface area (Å²) in [7, 11) is -3.58. The van der Waals surface area contributed by atoms with E-state index in [4.69, 9.17) is 4.42 Å². The fourth-order valence-electron chi connectivity index (χ4n) is 1.40. The summed E-state index contributed by atoms with van der Waals surface area (Å²) in [6.07, 6.45) is 0. The Bertz CT molecular complexity index is 450. The largest absolute Gasteiger partial charge is 0.408 e. The van der Waals surface area contributed by atoms with E-state index in [2.05, 4.69) is 20.2 Å². The van der Waals surface area contributed by atoms with Crippen molar-refractivity contribution in [2.45, 2.75) is 6.92 Å². The van der Waals surface area contributed by atoms with Crippen molar-refractivity contribution in [3.8, 4) is 0 Å². The molecule has 8 nitrogen and oxygen atoms in total. The highest BCUT2D eigenvalue weighted by atomic mass is 32.2. The first-order valence-electron chi connectivity index (χ1n) is 4.87. The van der Waals surface area contributed by atoms with E-state index >= 15 is 0 Å². The van der Waals surface area contributed by atoms with Gasteiger partial charge in [-0.05, 0) is 0 Å². The van der Waals surface area contributed by atoms with Crippen LogP contribution in [0.1, 0.15) is 5.89 Å². The Morgan fingerprint density at radius 3 is 2.62 bits per heavy atom. The molecular formula is C7H13N5O3S. The van der Waals surface area contributed by atoms with Gasteiger partial charge in [-0.25, -0.2) is 4.72 Å². The summed E-state index contributed by atoms with van der Waals surface area (Å²) >= 11 is 0. The van der Waals surface area contributed by atoms with Gasteiger partial charge in [0.15, 0.2) is 0 Å². The SMILES string of the molecule is Cc1nnc(NS(=O)(=O)N2CCNCC2)o1. The van der Waals surface area contributed by atoms with Gasteiger partial charge >= 0.3 is 16.2 Å². The Morgan fingerprint density at radius 2 is 2.06 bits per heavy atom. The molecule has 90 valence electrons. The first kappa shape index (κ1) is 11.3. The molecule has 16 heavy (non-hydrogen) atoms. The van der Waals surface area contributed by atoms with Gasteiger partial charge in [0.05, 0.1) is 0 Å². The highest BCUT2D eigenvalue weighted by Crippen LogP contribution is 2.10. The van der Waals surface area contributed by atoms with E-state index in [1.807, 2.05) is 0 Å². The number of nitrogens with one attached hydrogen (secondary N) is 2. The van der Waals surface area contributed by atoms with Crippen molar-refractivity contribution < 1.29 is 12.8 Å². The zero-order chi connectivity index (χ0) is 11.6. The molecule has 1 fully saturated rings. The van der Waals surface area contributed by atoms with E-state index in [1.54, 1.807) is 6.92 Å². The molecule has 1 aromatic heterocycles. The number of aryl methyl sites for hydroxylation is 1. The van der Waals surface area contributed by atoms with Gasteiger partial charge in [0.25, 0.3) is 0 Å². The lowest BCUT2D eigenvalue weighted by Gasteiger charge is -2.25. The van der Waals surface area contributed by atoms with Crippen LogP contribution in [0.2, 0.25) is 0 Å². The molecular weight excluding hydrogens is 234 g/mol. The van der Waals surface area contributed by atoms with E-state index < -0.39 is 10.2 Å². The van der Waals surface area contributed by atoms with E-state index in [1.165, 1.54) is 4.31 Å². The Morgan fingerprint density at radius 1 is 1.38 bits per heavy atom. The van der Waals surface area contributed by atoms with Crippen LogP contribution in [0, 0.1) is 6.92 Å². The molecule has 1 aliphatic heterocycles. The zero-order valence-corrected chi connectivity index (χ0v) is 9.62. The topological polar surface area (TPSA) is 100 Å². The van der Waals surface area contributed by atoms with Crippen molar-refractivity contribution in [1.29, 1.82) is 0 Å². The fourth-order valence-corrected chi connectivity index (χ4v) is 2.49. The summed E-state index contributed by atoms with van der Waals surface area (Å²) in [6.45, 7) is 3.74. The first-order chi connectivity index (χ1) is 7.58. The van der Waals surface area contributed by atoms with Crippen LogP contribution in [0.3, 0.4) is 0 Å². The predicted octanol–water partition coefficient (Wildman–Crippen LogP) is -1.06. The molecule has 0 amide bonds. The van der Waals surface area contributed by atoms with Crippen LogP contribution in [-0.2, 0) is 10.2 Å². The molecule has 1 saturated heterocycles. The average Bonchev–Trinajstić information content (AvgIpc) is 2.64. The molecule has 2 rings (SSSR count). The summed E-state index contributed by atoms with van der Waals surface area (Å²) in [5.41, 5.74) is 0. The number of aromatic nitrogens is 2. The molecule has 2 N–H and O–H groups in total. The van der Waals surface area contributed by atoms with Crippen molar-refractivity contribution >= 4 is 16.2 Å². The van der Waals surface area contributed by atoms with Crippen LogP contribution >= 0.6 is 0 Å². The lowest BCUT2D eigenvalue weighted by Crippen LogP contribution is -2.48. The molecule has 0 spiro atoms. The van der Waals surface area contributed by atoms with Crippen molar-refractivity contribution in [2.75, 3.05) is 30.9 Å². The van der Waals surface area contributed by atoms with Crippen molar-refractivity contribution in [2.24, 2.45) is 0 Å². The van der Waals surface area contributed by atoms with Gasteiger partial charge in [-0.15, -0.1) is 5.10 Å². The van der Waals surface area contributed by atoms with Gasteiger partial charge in [-0.2, -0.15) is 12.7 Å². The third kappa shape index (κ3) is 2.49. The fraction of sp³-hybridized carbons (Fsp3) is 0.714. The molecule has 9 heteroatoms. The van der Waals surface area contributed by atoms with Gasteiger partial charge in [-0.3, -0.25) is 0 Å². The minimum absolute atomic E-state index is 0.101. The first-order valence-corrected chi connectivity index (χ1v) is 6.31. The Kier molecular flexibility index (Phi) is 3.08. The number of hydrogen-bond donors (Lipinski definition) is 2. The van der Waals surface area contributed by atoms with Crippen LogP contribution in [0.5, 0.6) is 0 Å². The third-order valence-electron chi connectivity index (χ3n) is 2.16.